The van der Waals surface area contributed by atoms with Crippen molar-refractivity contribution < 1.29 is 4.74 Å². The molecule has 0 aliphatic heterocycles. The normalized spacial score (nSPS) is 27.4. The molecule has 1 saturated carbocycles. The molecule has 1 unspecified atom stereocenters. The molecule has 0 spiro atoms. The van der Waals surface area contributed by atoms with E-state index >= 15 is 0 Å². The summed E-state index contributed by atoms with van der Waals surface area (Å²) in [6.45, 7) is 2.53. The molecule has 0 bridgehead atoms. The minimum atomic E-state index is -0.632. The fourth-order valence-electron chi connectivity index (χ4n) is 1.45. The minimum Gasteiger partial charge on any atom is -0.493 e. The molecule has 4 heteroatoms. The number of nitrogen functional groups attached to an aromatic ring is 1. The van der Waals surface area contributed by atoms with E-state index < -0.39 is 4.33 Å². The Labute approximate surface area is 99.3 Å². The van der Waals surface area contributed by atoms with Gasteiger partial charge in [0, 0.05) is 17.2 Å². The van der Waals surface area contributed by atoms with E-state index in [2.05, 4.69) is 0 Å². The maximum absolute atomic E-state index is 6.01. The van der Waals surface area contributed by atoms with Crippen LogP contribution >= 0.6 is 23.2 Å². The average Bonchev–Trinajstić information content (AvgIpc) is 2.64. The molecule has 0 aromatic heterocycles. The lowest BCUT2D eigenvalue weighted by molar-refractivity contribution is 0.245. The summed E-state index contributed by atoms with van der Waals surface area (Å²) >= 11 is 12.0. The van der Waals surface area contributed by atoms with Gasteiger partial charge in [-0.1, -0.05) is 13.0 Å². The maximum Gasteiger partial charge on any atom is 0.127 e. The Hall–Kier alpha value is -0.600. The number of anilines is 1. The highest BCUT2D eigenvalue weighted by Gasteiger charge is 2.63. The van der Waals surface area contributed by atoms with Crippen molar-refractivity contribution in [2.75, 3.05) is 12.3 Å². The van der Waals surface area contributed by atoms with Crippen molar-refractivity contribution in [2.45, 2.75) is 17.7 Å². The fraction of sp³-hybridized carbons (Fsp3) is 0.455. The predicted molar refractivity (Wildman–Crippen MR) is 63.5 cm³/mol. The molecule has 82 valence electrons. The zero-order chi connectivity index (χ0) is 11.1. The van der Waals surface area contributed by atoms with Crippen LogP contribution in [0.3, 0.4) is 0 Å². The third-order valence-electron chi connectivity index (χ3n) is 2.79. The molecule has 0 radical (unpaired) electrons. The van der Waals surface area contributed by atoms with Crippen molar-refractivity contribution in [1.29, 1.82) is 0 Å². The van der Waals surface area contributed by atoms with E-state index in [1.165, 1.54) is 0 Å². The number of hydrogen-bond acceptors (Lipinski definition) is 2. The van der Waals surface area contributed by atoms with E-state index in [1.54, 1.807) is 6.07 Å². The van der Waals surface area contributed by atoms with Crippen molar-refractivity contribution in [3.05, 3.63) is 24.3 Å². The highest BCUT2D eigenvalue weighted by Crippen LogP contribution is 2.63. The Morgan fingerprint density at radius 1 is 1.47 bits per heavy atom. The zero-order valence-corrected chi connectivity index (χ0v) is 9.98. The molecule has 0 heterocycles. The van der Waals surface area contributed by atoms with Crippen molar-refractivity contribution in [2.24, 2.45) is 5.41 Å². The van der Waals surface area contributed by atoms with E-state index in [1.807, 2.05) is 25.1 Å². The van der Waals surface area contributed by atoms with Crippen LogP contribution in [0.1, 0.15) is 13.3 Å². The number of benzene rings is 1. The van der Waals surface area contributed by atoms with E-state index in [0.29, 0.717) is 12.3 Å². The summed E-state index contributed by atoms with van der Waals surface area (Å²) in [5.41, 5.74) is 6.19. The van der Waals surface area contributed by atoms with Gasteiger partial charge in [-0.15, -0.1) is 23.2 Å². The van der Waals surface area contributed by atoms with Crippen molar-refractivity contribution in [3.63, 3.8) is 0 Å². The topological polar surface area (TPSA) is 35.2 Å². The number of halogens is 2. The van der Waals surface area contributed by atoms with Crippen LogP contribution in [0.15, 0.2) is 24.3 Å². The van der Waals surface area contributed by atoms with Gasteiger partial charge in [-0.3, -0.25) is 0 Å². The molecule has 2 nitrogen and oxygen atoms in total. The molecule has 1 atom stereocenters. The minimum absolute atomic E-state index is 0.138. The van der Waals surface area contributed by atoms with Gasteiger partial charge in [0.25, 0.3) is 0 Å². The third-order valence-corrected chi connectivity index (χ3v) is 3.97. The molecule has 15 heavy (non-hydrogen) atoms. The number of ether oxygens (including phenoxy) is 1. The van der Waals surface area contributed by atoms with Crippen LogP contribution in [-0.4, -0.2) is 10.9 Å². The summed E-state index contributed by atoms with van der Waals surface area (Å²) < 4.78 is 4.97. The second kappa shape index (κ2) is 3.46. The number of nitrogens with two attached hydrogens (primary N) is 1. The number of rotatable bonds is 3. The van der Waals surface area contributed by atoms with Gasteiger partial charge in [-0.25, -0.2) is 0 Å². The van der Waals surface area contributed by atoms with Crippen LogP contribution < -0.4 is 10.5 Å². The van der Waals surface area contributed by atoms with Gasteiger partial charge in [0.15, 0.2) is 0 Å². The van der Waals surface area contributed by atoms with Crippen molar-refractivity contribution >= 4 is 28.9 Å². The first kappa shape index (κ1) is 10.9. The second-order valence-electron chi connectivity index (χ2n) is 4.30. The van der Waals surface area contributed by atoms with Gasteiger partial charge in [-0.2, -0.15) is 0 Å². The quantitative estimate of drug-likeness (QED) is 0.656. The molecular weight excluding hydrogens is 233 g/mol. The standard InChI is InChI=1S/C11H13Cl2NO/c1-10(6-11(10,12)13)7-15-9-4-2-3-8(14)5-9/h2-5H,6-7,14H2,1H3. The van der Waals surface area contributed by atoms with E-state index in [-0.39, 0.29) is 5.41 Å². The van der Waals surface area contributed by atoms with Crippen molar-refractivity contribution in [1.82, 2.24) is 0 Å². The molecule has 1 fully saturated rings. The largest absolute Gasteiger partial charge is 0.493 e. The Kier molecular flexibility index (Phi) is 2.52. The van der Waals surface area contributed by atoms with Gasteiger partial charge in [-0.05, 0) is 18.6 Å². The predicted octanol–water partition coefficient (Wildman–Crippen LogP) is 3.23. The molecular formula is C11H13Cl2NO. The Morgan fingerprint density at radius 3 is 2.67 bits per heavy atom. The molecule has 1 aliphatic carbocycles. The van der Waals surface area contributed by atoms with Crippen LogP contribution in [0.25, 0.3) is 0 Å². The van der Waals surface area contributed by atoms with Gasteiger partial charge in [0.1, 0.15) is 10.1 Å². The number of alkyl halides is 2. The average molecular weight is 246 g/mol. The summed E-state index contributed by atoms with van der Waals surface area (Å²) in [5, 5.41) is 0. The summed E-state index contributed by atoms with van der Waals surface area (Å²) in [5.74, 6) is 0.757. The second-order valence-corrected chi connectivity index (χ2v) is 5.79. The number of hydrogen-bond donors (Lipinski definition) is 1. The van der Waals surface area contributed by atoms with Gasteiger partial charge >= 0.3 is 0 Å². The zero-order valence-electron chi connectivity index (χ0n) is 8.47. The fourth-order valence-corrected chi connectivity index (χ4v) is 2.15. The van der Waals surface area contributed by atoms with Crippen molar-refractivity contribution in [3.8, 4) is 5.75 Å². The smallest absolute Gasteiger partial charge is 0.127 e. The lowest BCUT2D eigenvalue weighted by atomic mass is 10.2. The van der Waals surface area contributed by atoms with Crippen LogP contribution in [-0.2, 0) is 0 Å². The van der Waals surface area contributed by atoms with Crippen LogP contribution in [0, 0.1) is 5.41 Å². The molecule has 2 N–H and O–H groups in total. The summed E-state index contributed by atoms with van der Waals surface area (Å²) in [6.07, 6.45) is 0.769. The lowest BCUT2D eigenvalue weighted by Gasteiger charge is -2.13. The first-order valence-electron chi connectivity index (χ1n) is 4.79. The van der Waals surface area contributed by atoms with Crippen LogP contribution in [0.5, 0.6) is 5.75 Å². The first-order valence-corrected chi connectivity index (χ1v) is 5.55. The SMILES string of the molecule is CC1(COc2cccc(N)c2)CC1(Cl)Cl. The molecule has 1 aromatic rings. The molecule has 0 amide bonds. The first-order chi connectivity index (χ1) is 6.93. The van der Waals surface area contributed by atoms with Gasteiger partial charge in [0.05, 0.1) is 6.61 Å². The molecule has 1 aromatic carbocycles. The summed E-state index contributed by atoms with van der Waals surface area (Å²) in [7, 11) is 0. The van der Waals surface area contributed by atoms with Crippen LogP contribution in [0.4, 0.5) is 5.69 Å². The van der Waals surface area contributed by atoms with Gasteiger partial charge in [0.2, 0.25) is 0 Å². The highest BCUT2D eigenvalue weighted by atomic mass is 35.5. The Morgan fingerprint density at radius 2 is 2.13 bits per heavy atom. The van der Waals surface area contributed by atoms with E-state index in [0.717, 1.165) is 12.2 Å². The molecule has 2 rings (SSSR count). The Balaban J connectivity index is 1.95. The Bertz CT molecular complexity index is 381. The molecule has 0 saturated heterocycles. The summed E-state index contributed by atoms with van der Waals surface area (Å²) in [4.78, 5) is 0. The van der Waals surface area contributed by atoms with E-state index in [4.69, 9.17) is 33.7 Å². The third kappa shape index (κ3) is 2.16. The maximum atomic E-state index is 6.01. The van der Waals surface area contributed by atoms with E-state index in [9.17, 15) is 0 Å². The van der Waals surface area contributed by atoms with Crippen LogP contribution in [0.2, 0.25) is 0 Å². The molecule has 1 aliphatic rings. The highest BCUT2D eigenvalue weighted by molar-refractivity contribution is 6.51. The monoisotopic (exact) mass is 245 g/mol. The van der Waals surface area contributed by atoms with Gasteiger partial charge < -0.3 is 10.5 Å². The summed E-state index contributed by atoms with van der Waals surface area (Å²) in [6, 6.07) is 7.33. The lowest BCUT2D eigenvalue weighted by Crippen LogP contribution is -2.15.